The molecule has 18 heavy (non-hydrogen) atoms. The normalized spacial score (nSPS) is 16.6. The van der Waals surface area contributed by atoms with Gasteiger partial charge >= 0.3 is 0 Å². The van der Waals surface area contributed by atoms with Gasteiger partial charge in [0, 0.05) is 19.6 Å². The maximum Gasteiger partial charge on any atom is 0.240 e. The number of amides is 1. The second kappa shape index (κ2) is 5.50. The van der Waals surface area contributed by atoms with Gasteiger partial charge in [-0.15, -0.1) is 0 Å². The number of carbonyl (C=O) groups is 1. The van der Waals surface area contributed by atoms with Crippen molar-refractivity contribution in [3.8, 4) is 0 Å². The number of hydrogen-bond acceptors (Lipinski definition) is 3. The van der Waals surface area contributed by atoms with Crippen molar-refractivity contribution >= 4 is 5.91 Å². The summed E-state index contributed by atoms with van der Waals surface area (Å²) in [5, 5.41) is 2.90. The molecule has 4 nitrogen and oxygen atoms in total. The zero-order valence-corrected chi connectivity index (χ0v) is 10.9. The highest BCUT2D eigenvalue weighted by molar-refractivity contribution is 5.88. The lowest BCUT2D eigenvalue weighted by Crippen LogP contribution is -2.44. The Morgan fingerprint density at radius 2 is 2.06 bits per heavy atom. The second-order valence-electron chi connectivity index (χ2n) is 5.14. The SMILES string of the molecule is CN(CCNC(=O)C1(N)CC1)Cc1ccccc1. The van der Waals surface area contributed by atoms with E-state index in [0.29, 0.717) is 6.54 Å². The molecule has 0 atom stereocenters. The summed E-state index contributed by atoms with van der Waals surface area (Å²) in [4.78, 5) is 13.8. The first kappa shape index (κ1) is 13.1. The van der Waals surface area contributed by atoms with E-state index in [4.69, 9.17) is 5.73 Å². The van der Waals surface area contributed by atoms with Gasteiger partial charge in [0.25, 0.3) is 0 Å². The predicted octanol–water partition coefficient (Wildman–Crippen LogP) is 0.726. The molecule has 1 aromatic carbocycles. The number of nitrogens with one attached hydrogen (secondary N) is 1. The maximum atomic E-state index is 11.6. The molecule has 0 aromatic heterocycles. The molecule has 0 saturated heterocycles. The molecule has 1 aliphatic rings. The zero-order valence-electron chi connectivity index (χ0n) is 10.9. The third-order valence-corrected chi connectivity index (χ3v) is 3.32. The minimum atomic E-state index is -0.558. The van der Waals surface area contributed by atoms with E-state index < -0.39 is 5.54 Å². The molecule has 0 radical (unpaired) electrons. The molecule has 1 aromatic rings. The molecule has 4 heteroatoms. The monoisotopic (exact) mass is 247 g/mol. The van der Waals surface area contributed by atoms with Crippen molar-refractivity contribution in [3.63, 3.8) is 0 Å². The average molecular weight is 247 g/mol. The number of hydrogen-bond donors (Lipinski definition) is 2. The number of carbonyl (C=O) groups excluding carboxylic acids is 1. The maximum absolute atomic E-state index is 11.6. The van der Waals surface area contributed by atoms with Crippen molar-refractivity contribution in [3.05, 3.63) is 35.9 Å². The van der Waals surface area contributed by atoms with Gasteiger partial charge in [0.15, 0.2) is 0 Å². The van der Waals surface area contributed by atoms with E-state index in [0.717, 1.165) is 25.9 Å². The highest BCUT2D eigenvalue weighted by Gasteiger charge is 2.45. The molecule has 2 rings (SSSR count). The summed E-state index contributed by atoms with van der Waals surface area (Å²) in [7, 11) is 2.05. The van der Waals surface area contributed by atoms with Gasteiger partial charge < -0.3 is 16.0 Å². The van der Waals surface area contributed by atoms with Crippen molar-refractivity contribution in [2.45, 2.75) is 24.9 Å². The number of nitrogens with zero attached hydrogens (tertiary/aromatic N) is 1. The lowest BCUT2D eigenvalue weighted by atomic mass is 10.2. The van der Waals surface area contributed by atoms with Gasteiger partial charge in [-0.1, -0.05) is 30.3 Å². The third kappa shape index (κ3) is 3.55. The van der Waals surface area contributed by atoms with Gasteiger partial charge in [0.05, 0.1) is 5.54 Å². The van der Waals surface area contributed by atoms with Crippen LogP contribution in [0.1, 0.15) is 18.4 Å². The molecule has 1 fully saturated rings. The summed E-state index contributed by atoms with van der Waals surface area (Å²) in [5.74, 6) is -0.00406. The molecule has 3 N–H and O–H groups in total. The van der Waals surface area contributed by atoms with Crippen LogP contribution in [0, 0.1) is 0 Å². The molecule has 0 spiro atoms. The van der Waals surface area contributed by atoms with E-state index in [2.05, 4.69) is 29.4 Å². The first-order valence-corrected chi connectivity index (χ1v) is 6.40. The number of nitrogens with two attached hydrogens (primary N) is 1. The Hall–Kier alpha value is -1.39. The zero-order chi connectivity index (χ0) is 13.0. The summed E-state index contributed by atoms with van der Waals surface area (Å²) < 4.78 is 0. The van der Waals surface area contributed by atoms with Crippen LogP contribution in [0.5, 0.6) is 0 Å². The Morgan fingerprint density at radius 3 is 2.67 bits per heavy atom. The molecular formula is C14H21N3O. The van der Waals surface area contributed by atoms with Crippen molar-refractivity contribution in [1.82, 2.24) is 10.2 Å². The Balaban J connectivity index is 1.66. The Bertz CT molecular complexity index is 401. The van der Waals surface area contributed by atoms with E-state index in [-0.39, 0.29) is 5.91 Å². The van der Waals surface area contributed by atoms with Gasteiger partial charge in [0.2, 0.25) is 5.91 Å². The molecule has 0 aliphatic heterocycles. The topological polar surface area (TPSA) is 58.4 Å². The van der Waals surface area contributed by atoms with Crippen molar-refractivity contribution in [1.29, 1.82) is 0 Å². The highest BCUT2D eigenvalue weighted by Crippen LogP contribution is 2.31. The van der Waals surface area contributed by atoms with E-state index in [1.165, 1.54) is 5.56 Å². The summed E-state index contributed by atoms with van der Waals surface area (Å²) in [6, 6.07) is 10.3. The van der Waals surface area contributed by atoms with E-state index >= 15 is 0 Å². The van der Waals surface area contributed by atoms with Crippen LogP contribution in [0.3, 0.4) is 0 Å². The van der Waals surface area contributed by atoms with Gasteiger partial charge in [0.1, 0.15) is 0 Å². The minimum Gasteiger partial charge on any atom is -0.353 e. The smallest absolute Gasteiger partial charge is 0.240 e. The molecule has 0 heterocycles. The van der Waals surface area contributed by atoms with Crippen molar-refractivity contribution < 1.29 is 4.79 Å². The van der Waals surface area contributed by atoms with Crippen molar-refractivity contribution in [2.75, 3.05) is 20.1 Å². The van der Waals surface area contributed by atoms with Crippen LogP contribution >= 0.6 is 0 Å². The fourth-order valence-corrected chi connectivity index (χ4v) is 1.87. The summed E-state index contributed by atoms with van der Waals surface area (Å²) >= 11 is 0. The fourth-order valence-electron chi connectivity index (χ4n) is 1.87. The second-order valence-corrected chi connectivity index (χ2v) is 5.14. The molecule has 1 saturated carbocycles. The van der Waals surface area contributed by atoms with Gasteiger partial charge in [-0.2, -0.15) is 0 Å². The predicted molar refractivity (Wildman–Crippen MR) is 71.9 cm³/mol. The quantitative estimate of drug-likeness (QED) is 0.779. The Kier molecular flexibility index (Phi) is 3.99. The number of benzene rings is 1. The van der Waals surface area contributed by atoms with Crippen LogP contribution in [0.15, 0.2) is 30.3 Å². The van der Waals surface area contributed by atoms with Crippen LogP contribution in [0.25, 0.3) is 0 Å². The van der Waals surface area contributed by atoms with Gasteiger partial charge in [-0.3, -0.25) is 4.79 Å². The minimum absolute atomic E-state index is 0.00406. The van der Waals surface area contributed by atoms with Crippen LogP contribution in [-0.2, 0) is 11.3 Å². The van der Waals surface area contributed by atoms with Crippen molar-refractivity contribution in [2.24, 2.45) is 5.73 Å². The van der Waals surface area contributed by atoms with E-state index in [9.17, 15) is 4.79 Å². The van der Waals surface area contributed by atoms with Crippen LogP contribution < -0.4 is 11.1 Å². The van der Waals surface area contributed by atoms with Gasteiger partial charge in [-0.25, -0.2) is 0 Å². The fraction of sp³-hybridized carbons (Fsp3) is 0.500. The first-order chi connectivity index (χ1) is 8.60. The Morgan fingerprint density at radius 1 is 1.39 bits per heavy atom. The van der Waals surface area contributed by atoms with Crippen LogP contribution in [0.2, 0.25) is 0 Å². The third-order valence-electron chi connectivity index (χ3n) is 3.32. The lowest BCUT2D eigenvalue weighted by Gasteiger charge is -2.18. The summed E-state index contributed by atoms with van der Waals surface area (Å²) in [5.41, 5.74) is 6.53. The average Bonchev–Trinajstić information content (AvgIpc) is 3.10. The highest BCUT2D eigenvalue weighted by atomic mass is 16.2. The molecule has 0 unspecified atom stereocenters. The molecular weight excluding hydrogens is 226 g/mol. The van der Waals surface area contributed by atoms with E-state index in [1.807, 2.05) is 18.2 Å². The van der Waals surface area contributed by atoms with Crippen LogP contribution in [-0.4, -0.2) is 36.5 Å². The molecule has 1 amide bonds. The summed E-state index contributed by atoms with van der Waals surface area (Å²) in [6.07, 6.45) is 1.64. The molecule has 1 aliphatic carbocycles. The summed E-state index contributed by atoms with van der Waals surface area (Å²) in [6.45, 7) is 2.38. The van der Waals surface area contributed by atoms with E-state index in [1.54, 1.807) is 0 Å². The van der Waals surface area contributed by atoms with Crippen LogP contribution in [0.4, 0.5) is 0 Å². The molecule has 98 valence electrons. The largest absolute Gasteiger partial charge is 0.353 e. The standard InChI is InChI=1S/C14H21N3O/c1-17(11-12-5-3-2-4-6-12)10-9-16-13(18)14(15)7-8-14/h2-6H,7-11,15H2,1H3,(H,16,18). The van der Waals surface area contributed by atoms with Gasteiger partial charge in [-0.05, 0) is 25.5 Å². The lowest BCUT2D eigenvalue weighted by molar-refractivity contribution is -0.123. The molecule has 0 bridgehead atoms. The number of likely N-dealkylation sites (N-methyl/N-ethyl adjacent to an activating group) is 1. The Labute approximate surface area is 108 Å². The number of rotatable bonds is 6. The first-order valence-electron chi connectivity index (χ1n) is 6.40.